The molecule has 1 aromatic heterocycles. The minimum atomic E-state index is -1.17. The number of nitrogens with one attached hydrogen (secondary N) is 1. The monoisotopic (exact) mass is 394 g/mol. The molecule has 0 spiro atoms. The molecule has 1 unspecified atom stereocenters. The smallest absolute Gasteiger partial charge is 0.341 e. The second-order valence-electron chi connectivity index (χ2n) is 8.13. The van der Waals surface area contributed by atoms with Crippen molar-refractivity contribution in [3.63, 3.8) is 0 Å². The van der Waals surface area contributed by atoms with E-state index in [1.807, 2.05) is 17.6 Å². The van der Waals surface area contributed by atoms with E-state index in [1.165, 1.54) is 6.20 Å². The molecule has 1 aromatic carbocycles. The number of carboxylic acid groups (broad SMARTS) is 1. The lowest BCUT2D eigenvalue weighted by Gasteiger charge is -2.24. The lowest BCUT2D eigenvalue weighted by molar-refractivity contribution is 0.0695. The van der Waals surface area contributed by atoms with Gasteiger partial charge in [-0.2, -0.15) is 5.26 Å². The molecular formula is C22H26N4O3. The molecule has 2 aromatic rings. The van der Waals surface area contributed by atoms with Crippen LogP contribution < -0.4 is 15.6 Å². The molecule has 1 aliphatic heterocycles. The molecule has 7 heteroatoms. The predicted octanol–water partition coefficient (Wildman–Crippen LogP) is 2.67. The molecule has 1 saturated carbocycles. The van der Waals surface area contributed by atoms with Gasteiger partial charge in [0.05, 0.1) is 11.6 Å². The standard InChI is InChI=1S/C22H26N4O3/c1-14-19(25-10-7-15(12-25)11-24-9-2-8-23)6-5-17-20(14)26(16-3-4-16)13-18(21(17)27)22(28)29/h5-6,13,15-16,24H,2-4,7,9-12H2,1H3,(H,28,29). The van der Waals surface area contributed by atoms with Crippen molar-refractivity contribution >= 4 is 22.6 Å². The Morgan fingerprint density at radius 1 is 1.34 bits per heavy atom. The summed E-state index contributed by atoms with van der Waals surface area (Å²) < 4.78 is 2.01. The third-order valence-electron chi connectivity index (χ3n) is 6.06. The van der Waals surface area contributed by atoms with Gasteiger partial charge in [-0.1, -0.05) is 0 Å². The fourth-order valence-corrected chi connectivity index (χ4v) is 4.42. The minimum Gasteiger partial charge on any atom is -0.477 e. The summed E-state index contributed by atoms with van der Waals surface area (Å²) in [5.41, 5.74) is 2.48. The highest BCUT2D eigenvalue weighted by molar-refractivity contribution is 5.95. The summed E-state index contributed by atoms with van der Waals surface area (Å²) in [5.74, 6) is -0.636. The summed E-state index contributed by atoms with van der Waals surface area (Å²) in [4.78, 5) is 26.6. The number of aryl methyl sites for hydroxylation is 1. The maximum Gasteiger partial charge on any atom is 0.341 e. The van der Waals surface area contributed by atoms with Gasteiger partial charge < -0.3 is 19.9 Å². The van der Waals surface area contributed by atoms with E-state index in [9.17, 15) is 14.7 Å². The fraction of sp³-hybridized carbons (Fsp3) is 0.500. The van der Waals surface area contributed by atoms with Crippen molar-refractivity contribution in [1.29, 1.82) is 5.26 Å². The highest BCUT2D eigenvalue weighted by Gasteiger charge is 2.29. The molecule has 0 radical (unpaired) electrons. The number of pyridine rings is 1. The van der Waals surface area contributed by atoms with Crippen LogP contribution in [0.5, 0.6) is 0 Å². The molecule has 2 aliphatic rings. The van der Waals surface area contributed by atoms with Crippen LogP contribution in [0.4, 0.5) is 5.69 Å². The quantitative estimate of drug-likeness (QED) is 0.701. The molecular weight excluding hydrogens is 368 g/mol. The van der Waals surface area contributed by atoms with Gasteiger partial charge in [-0.15, -0.1) is 0 Å². The van der Waals surface area contributed by atoms with Gasteiger partial charge in [-0.25, -0.2) is 4.79 Å². The molecule has 152 valence electrons. The molecule has 1 aliphatic carbocycles. The minimum absolute atomic E-state index is 0.152. The van der Waals surface area contributed by atoms with Gasteiger partial charge >= 0.3 is 5.97 Å². The molecule has 7 nitrogen and oxygen atoms in total. The summed E-state index contributed by atoms with van der Waals surface area (Å²) in [5, 5.41) is 21.9. The van der Waals surface area contributed by atoms with Crippen molar-refractivity contribution in [3.05, 3.63) is 39.7 Å². The predicted molar refractivity (Wildman–Crippen MR) is 112 cm³/mol. The van der Waals surface area contributed by atoms with E-state index < -0.39 is 11.4 Å². The molecule has 1 saturated heterocycles. The van der Waals surface area contributed by atoms with Crippen LogP contribution in [0.15, 0.2) is 23.1 Å². The van der Waals surface area contributed by atoms with Gasteiger partial charge in [0.1, 0.15) is 5.56 Å². The number of hydrogen-bond acceptors (Lipinski definition) is 5. The average molecular weight is 394 g/mol. The van der Waals surface area contributed by atoms with Gasteiger partial charge in [0.25, 0.3) is 0 Å². The Morgan fingerprint density at radius 3 is 2.83 bits per heavy atom. The zero-order chi connectivity index (χ0) is 20.5. The Labute approximate surface area is 169 Å². The van der Waals surface area contributed by atoms with Gasteiger partial charge in [0.15, 0.2) is 0 Å². The SMILES string of the molecule is Cc1c(N2CCC(CNCCC#N)C2)ccc2c(=O)c(C(=O)O)cn(C3CC3)c12. The second-order valence-corrected chi connectivity index (χ2v) is 8.13. The zero-order valence-corrected chi connectivity index (χ0v) is 16.6. The molecule has 0 amide bonds. The maximum atomic E-state index is 12.7. The number of benzene rings is 1. The normalized spacial score (nSPS) is 18.9. The molecule has 0 bridgehead atoms. The number of fused-ring (bicyclic) bond motifs is 1. The van der Waals surface area contributed by atoms with Crippen molar-refractivity contribution in [3.8, 4) is 6.07 Å². The fourth-order valence-electron chi connectivity index (χ4n) is 4.42. The summed E-state index contributed by atoms with van der Waals surface area (Å²) >= 11 is 0. The number of aromatic nitrogens is 1. The van der Waals surface area contributed by atoms with Crippen LogP contribution in [-0.2, 0) is 0 Å². The first-order chi connectivity index (χ1) is 14.0. The van der Waals surface area contributed by atoms with Crippen molar-refractivity contribution in [1.82, 2.24) is 9.88 Å². The van der Waals surface area contributed by atoms with Gasteiger partial charge in [-0.05, 0) is 56.3 Å². The first-order valence-corrected chi connectivity index (χ1v) is 10.3. The highest BCUT2D eigenvalue weighted by atomic mass is 16.4. The molecule has 1 atom stereocenters. The number of nitriles is 1. The highest BCUT2D eigenvalue weighted by Crippen LogP contribution is 2.39. The van der Waals surface area contributed by atoms with Crippen LogP contribution >= 0.6 is 0 Å². The number of nitrogens with zero attached hydrogens (tertiary/aromatic N) is 3. The lowest BCUT2D eigenvalue weighted by Crippen LogP contribution is -2.27. The van der Waals surface area contributed by atoms with E-state index in [-0.39, 0.29) is 11.6 Å². The van der Waals surface area contributed by atoms with E-state index in [4.69, 9.17) is 5.26 Å². The Hall–Kier alpha value is -2.85. The molecule has 2 N–H and O–H groups in total. The number of carboxylic acids is 1. The number of anilines is 1. The van der Waals surface area contributed by atoms with Crippen molar-refractivity contribution in [2.24, 2.45) is 5.92 Å². The number of aromatic carboxylic acids is 1. The number of carbonyl (C=O) groups is 1. The topological polar surface area (TPSA) is 98.4 Å². The summed E-state index contributed by atoms with van der Waals surface area (Å²) in [6.45, 7) is 5.56. The first-order valence-electron chi connectivity index (χ1n) is 10.3. The van der Waals surface area contributed by atoms with Gasteiger partial charge in [0, 0.05) is 49.4 Å². The van der Waals surface area contributed by atoms with E-state index in [1.54, 1.807) is 6.07 Å². The summed E-state index contributed by atoms with van der Waals surface area (Å²) in [6, 6.07) is 6.19. The number of rotatable bonds is 7. The third kappa shape index (κ3) is 3.73. The zero-order valence-electron chi connectivity index (χ0n) is 16.6. The summed E-state index contributed by atoms with van der Waals surface area (Å²) in [7, 11) is 0. The van der Waals surface area contributed by atoms with Crippen LogP contribution in [-0.4, -0.2) is 41.8 Å². The first kappa shape index (κ1) is 19.5. The van der Waals surface area contributed by atoms with Crippen molar-refractivity contribution in [2.75, 3.05) is 31.1 Å². The second kappa shape index (κ2) is 7.88. The largest absolute Gasteiger partial charge is 0.477 e. The molecule has 2 heterocycles. The van der Waals surface area contributed by atoms with Crippen LogP contribution in [0.1, 0.15) is 47.6 Å². The molecule has 29 heavy (non-hydrogen) atoms. The Bertz CT molecular complexity index is 1050. The third-order valence-corrected chi connectivity index (χ3v) is 6.06. The van der Waals surface area contributed by atoms with Crippen LogP contribution in [0, 0.1) is 24.2 Å². The number of hydrogen-bond donors (Lipinski definition) is 2. The maximum absolute atomic E-state index is 12.7. The van der Waals surface area contributed by atoms with E-state index >= 15 is 0 Å². The van der Waals surface area contributed by atoms with E-state index in [0.29, 0.717) is 17.7 Å². The Morgan fingerprint density at radius 2 is 2.14 bits per heavy atom. The Kier molecular flexibility index (Phi) is 5.29. The van der Waals surface area contributed by atoms with Crippen LogP contribution in [0.25, 0.3) is 10.9 Å². The lowest BCUT2D eigenvalue weighted by atomic mass is 10.0. The van der Waals surface area contributed by atoms with E-state index in [0.717, 1.165) is 62.2 Å². The average Bonchev–Trinajstić information content (AvgIpc) is 3.44. The van der Waals surface area contributed by atoms with Gasteiger partial charge in [-0.3, -0.25) is 4.79 Å². The van der Waals surface area contributed by atoms with Crippen LogP contribution in [0.3, 0.4) is 0 Å². The van der Waals surface area contributed by atoms with Gasteiger partial charge in [0.2, 0.25) is 5.43 Å². The van der Waals surface area contributed by atoms with E-state index in [2.05, 4.69) is 16.3 Å². The van der Waals surface area contributed by atoms with Crippen LogP contribution in [0.2, 0.25) is 0 Å². The molecule has 4 rings (SSSR count). The van der Waals surface area contributed by atoms with Crippen molar-refractivity contribution in [2.45, 2.75) is 38.6 Å². The molecule has 2 fully saturated rings. The Balaban J connectivity index is 1.66. The van der Waals surface area contributed by atoms with Crippen molar-refractivity contribution < 1.29 is 9.90 Å². The summed E-state index contributed by atoms with van der Waals surface area (Å²) in [6.07, 6.45) is 5.18.